The monoisotopic (exact) mass is 396 g/mol. The van der Waals surface area contributed by atoms with Crippen molar-refractivity contribution < 1.29 is 28.8 Å². The number of amides is 2. The first-order valence-electron chi connectivity index (χ1n) is 8.60. The van der Waals surface area contributed by atoms with Gasteiger partial charge in [-0.1, -0.05) is 23.8 Å². The normalized spacial score (nSPS) is 12.7. The van der Waals surface area contributed by atoms with Crippen molar-refractivity contribution in [2.24, 2.45) is 0 Å². The molecule has 3 rings (SSSR count). The lowest BCUT2D eigenvalue weighted by atomic mass is 10.0. The summed E-state index contributed by atoms with van der Waals surface area (Å²) in [4.78, 5) is 60.1. The first-order chi connectivity index (χ1) is 13.7. The molecule has 2 aromatic carbocycles. The van der Waals surface area contributed by atoms with Crippen molar-refractivity contribution in [2.75, 3.05) is 13.2 Å². The fourth-order valence-corrected chi connectivity index (χ4v) is 3.05. The van der Waals surface area contributed by atoms with E-state index in [2.05, 4.69) is 0 Å². The van der Waals surface area contributed by atoms with Crippen molar-refractivity contribution in [3.8, 4) is 0 Å². The summed E-state index contributed by atoms with van der Waals surface area (Å²) < 4.78 is 4.92. The number of nitro benzene ring substituents is 1. The quantitative estimate of drug-likeness (QED) is 0.241. The molecule has 148 valence electrons. The van der Waals surface area contributed by atoms with Crippen molar-refractivity contribution >= 4 is 29.3 Å². The van der Waals surface area contributed by atoms with Gasteiger partial charge in [-0.2, -0.15) is 0 Å². The Kier molecular flexibility index (Phi) is 5.22. The Morgan fingerprint density at radius 3 is 2.52 bits per heavy atom. The fraction of sp³-hybridized carbons (Fsp3) is 0.200. The number of nitrogens with zero attached hydrogens (tertiary/aromatic N) is 2. The zero-order chi connectivity index (χ0) is 21.3. The number of fused-ring (bicyclic) bond motifs is 1. The number of aryl methyl sites for hydroxylation is 2. The first-order valence-corrected chi connectivity index (χ1v) is 8.60. The summed E-state index contributed by atoms with van der Waals surface area (Å²) in [6.45, 7) is 2.28. The first kappa shape index (κ1) is 19.9. The Bertz CT molecular complexity index is 1070. The second kappa shape index (κ2) is 7.63. The molecule has 2 aromatic rings. The van der Waals surface area contributed by atoms with E-state index in [9.17, 15) is 29.3 Å². The molecule has 9 nitrogen and oxygen atoms in total. The van der Waals surface area contributed by atoms with E-state index in [1.54, 1.807) is 19.1 Å². The Labute approximate surface area is 165 Å². The largest absolute Gasteiger partial charge is 0.456 e. The fourth-order valence-electron chi connectivity index (χ4n) is 3.05. The van der Waals surface area contributed by atoms with Crippen LogP contribution in [0.3, 0.4) is 0 Å². The van der Waals surface area contributed by atoms with Crippen LogP contribution in [-0.4, -0.2) is 46.5 Å². The van der Waals surface area contributed by atoms with Gasteiger partial charge in [0, 0.05) is 11.6 Å². The summed E-state index contributed by atoms with van der Waals surface area (Å²) in [6.07, 6.45) is 0. The van der Waals surface area contributed by atoms with Gasteiger partial charge in [0.15, 0.2) is 6.61 Å². The van der Waals surface area contributed by atoms with Crippen LogP contribution in [0, 0.1) is 24.0 Å². The predicted octanol–water partition coefficient (Wildman–Crippen LogP) is 2.23. The summed E-state index contributed by atoms with van der Waals surface area (Å²) in [5, 5.41) is 11.1. The highest BCUT2D eigenvalue weighted by Crippen LogP contribution is 2.30. The average Bonchev–Trinajstić information content (AvgIpc) is 2.92. The van der Waals surface area contributed by atoms with Crippen LogP contribution in [0.15, 0.2) is 36.4 Å². The molecule has 0 aromatic heterocycles. The Morgan fingerprint density at radius 1 is 1.10 bits per heavy atom. The molecule has 1 aliphatic heterocycles. The molecule has 0 fully saturated rings. The number of hydrogen-bond acceptors (Lipinski definition) is 7. The maximum absolute atomic E-state index is 12.4. The van der Waals surface area contributed by atoms with Gasteiger partial charge in [0.1, 0.15) is 12.1 Å². The van der Waals surface area contributed by atoms with Crippen LogP contribution >= 0.6 is 0 Å². The van der Waals surface area contributed by atoms with Gasteiger partial charge in [-0.3, -0.25) is 34.2 Å². The summed E-state index contributed by atoms with van der Waals surface area (Å²) in [5.74, 6) is -3.17. The van der Waals surface area contributed by atoms with Gasteiger partial charge >= 0.3 is 5.97 Å². The number of ether oxygens (including phenoxy) is 1. The number of nitro groups is 1. The summed E-state index contributed by atoms with van der Waals surface area (Å²) in [5.41, 5.74) is 0.989. The molecule has 0 saturated heterocycles. The minimum absolute atomic E-state index is 0.150. The van der Waals surface area contributed by atoms with Crippen molar-refractivity contribution in [1.82, 2.24) is 4.90 Å². The molecule has 9 heteroatoms. The van der Waals surface area contributed by atoms with Crippen molar-refractivity contribution in [2.45, 2.75) is 13.8 Å². The van der Waals surface area contributed by atoms with Crippen LogP contribution < -0.4 is 0 Å². The van der Waals surface area contributed by atoms with E-state index < -0.39 is 47.3 Å². The second-order valence-corrected chi connectivity index (χ2v) is 6.56. The highest BCUT2D eigenvalue weighted by molar-refractivity contribution is 6.24. The third kappa shape index (κ3) is 3.75. The average molecular weight is 396 g/mol. The van der Waals surface area contributed by atoms with Crippen LogP contribution in [0.25, 0.3) is 0 Å². The lowest BCUT2D eigenvalue weighted by Crippen LogP contribution is -2.36. The van der Waals surface area contributed by atoms with Crippen LogP contribution in [0.4, 0.5) is 5.69 Å². The van der Waals surface area contributed by atoms with Gasteiger partial charge in [-0.05, 0) is 31.5 Å². The third-order valence-electron chi connectivity index (χ3n) is 4.52. The molecule has 1 heterocycles. The van der Waals surface area contributed by atoms with Gasteiger partial charge in [-0.15, -0.1) is 0 Å². The number of hydrogen-bond donors (Lipinski definition) is 0. The minimum Gasteiger partial charge on any atom is -0.456 e. The Morgan fingerprint density at radius 2 is 1.83 bits per heavy atom. The molecule has 0 spiro atoms. The highest BCUT2D eigenvalue weighted by atomic mass is 16.6. The zero-order valence-electron chi connectivity index (χ0n) is 15.6. The van der Waals surface area contributed by atoms with Gasteiger partial charge < -0.3 is 4.74 Å². The molecule has 2 amide bonds. The number of imide groups is 1. The number of Topliss-reactive ketones (excluding diaryl/α,β-unsaturated/α-hetero) is 1. The lowest BCUT2D eigenvalue weighted by Gasteiger charge is -2.13. The number of carbonyl (C=O) groups excluding carboxylic acids is 4. The number of benzene rings is 2. The van der Waals surface area contributed by atoms with Crippen LogP contribution in [0.2, 0.25) is 0 Å². The molecule has 0 aliphatic carbocycles. The number of ketones is 1. The molecule has 1 aliphatic rings. The van der Waals surface area contributed by atoms with Crippen LogP contribution in [0.5, 0.6) is 0 Å². The van der Waals surface area contributed by atoms with E-state index in [1.165, 1.54) is 12.1 Å². The van der Waals surface area contributed by atoms with Gasteiger partial charge in [0.2, 0.25) is 5.78 Å². The standard InChI is InChI=1S/C20H16N2O7/c1-11-6-7-12(2)14(8-11)16(23)10-29-17(24)9-21-19(25)13-4-3-5-15(22(27)28)18(13)20(21)26/h3-8H,9-10H2,1-2H3. The topological polar surface area (TPSA) is 124 Å². The summed E-state index contributed by atoms with van der Waals surface area (Å²) in [6, 6.07) is 8.96. The predicted molar refractivity (Wildman–Crippen MR) is 99.7 cm³/mol. The van der Waals surface area contributed by atoms with E-state index in [0.717, 1.165) is 17.2 Å². The summed E-state index contributed by atoms with van der Waals surface area (Å²) in [7, 11) is 0. The molecule has 0 bridgehead atoms. The molecule has 0 N–H and O–H groups in total. The Balaban J connectivity index is 1.69. The van der Waals surface area contributed by atoms with Gasteiger partial charge in [0.05, 0.1) is 10.5 Å². The van der Waals surface area contributed by atoms with Gasteiger partial charge in [0.25, 0.3) is 17.5 Å². The summed E-state index contributed by atoms with van der Waals surface area (Å²) >= 11 is 0. The molecular weight excluding hydrogens is 380 g/mol. The Hall–Kier alpha value is -3.88. The van der Waals surface area contributed by atoms with Gasteiger partial charge in [-0.25, -0.2) is 0 Å². The number of carbonyl (C=O) groups is 4. The third-order valence-corrected chi connectivity index (χ3v) is 4.52. The molecule has 0 atom stereocenters. The molecule has 29 heavy (non-hydrogen) atoms. The van der Waals surface area contributed by atoms with Crippen LogP contribution in [-0.2, 0) is 9.53 Å². The zero-order valence-corrected chi connectivity index (χ0v) is 15.6. The van der Waals surface area contributed by atoms with Crippen molar-refractivity contribution in [3.63, 3.8) is 0 Å². The highest BCUT2D eigenvalue weighted by Gasteiger charge is 2.41. The molecular formula is C20H16N2O7. The van der Waals surface area contributed by atoms with E-state index in [0.29, 0.717) is 10.5 Å². The lowest BCUT2D eigenvalue weighted by molar-refractivity contribution is -0.385. The SMILES string of the molecule is Cc1ccc(C)c(C(=O)COC(=O)CN2C(=O)c3cccc([N+](=O)[O-])c3C2=O)c1. The molecule has 0 radical (unpaired) electrons. The number of esters is 1. The van der Waals surface area contributed by atoms with Crippen molar-refractivity contribution in [1.29, 1.82) is 0 Å². The molecule has 0 unspecified atom stereocenters. The maximum Gasteiger partial charge on any atom is 0.326 e. The van der Waals surface area contributed by atoms with E-state index in [4.69, 9.17) is 4.74 Å². The maximum atomic E-state index is 12.4. The smallest absolute Gasteiger partial charge is 0.326 e. The second-order valence-electron chi connectivity index (χ2n) is 6.56. The van der Waals surface area contributed by atoms with E-state index in [1.807, 2.05) is 13.0 Å². The minimum atomic E-state index is -0.971. The number of rotatable bonds is 6. The van der Waals surface area contributed by atoms with Crippen LogP contribution in [0.1, 0.15) is 42.2 Å². The van der Waals surface area contributed by atoms with E-state index >= 15 is 0 Å². The molecule has 0 saturated carbocycles. The van der Waals surface area contributed by atoms with Crippen molar-refractivity contribution in [3.05, 3.63) is 74.3 Å². The van der Waals surface area contributed by atoms with E-state index in [-0.39, 0.29) is 11.1 Å².